The number of carboxylic acid groups (broad SMARTS) is 1. The Morgan fingerprint density at radius 3 is 2.48 bits per heavy atom. The normalized spacial score (nSPS) is 17.7. The minimum absolute atomic E-state index is 0.0159. The summed E-state index contributed by atoms with van der Waals surface area (Å²) in [7, 11) is 0. The van der Waals surface area contributed by atoms with Gasteiger partial charge in [-0.2, -0.15) is 0 Å². The summed E-state index contributed by atoms with van der Waals surface area (Å²) in [6.07, 6.45) is 2.74. The Bertz CT molecular complexity index is 1300. The van der Waals surface area contributed by atoms with Crippen molar-refractivity contribution in [1.29, 1.82) is 0 Å². The standard InChI is InChI=1S/C27H26N2O4/c1-16-11-21(17(2)28-23-10-6-5-9-20(23)27(31)32)26-22(12-16)24(30)13-25(33-26)29-14-18-7-3-4-8-19(18)15-29/h3-11,13,16-17,28H,12,14-15H2,1-2H3,(H,31,32). The molecule has 2 atom stereocenters. The maximum absolute atomic E-state index is 13.1. The van der Waals surface area contributed by atoms with Crippen molar-refractivity contribution in [1.82, 2.24) is 0 Å². The van der Waals surface area contributed by atoms with Crippen molar-refractivity contribution >= 4 is 23.1 Å². The van der Waals surface area contributed by atoms with Crippen molar-refractivity contribution < 1.29 is 14.3 Å². The molecule has 2 aromatic carbocycles. The number of anilines is 2. The molecule has 0 spiro atoms. The molecule has 2 aliphatic rings. The Morgan fingerprint density at radius 1 is 1.12 bits per heavy atom. The Kier molecular flexibility index (Phi) is 5.29. The van der Waals surface area contributed by atoms with Crippen LogP contribution in [0.5, 0.6) is 0 Å². The van der Waals surface area contributed by atoms with Crippen LogP contribution in [0.3, 0.4) is 0 Å². The molecular weight excluding hydrogens is 416 g/mol. The van der Waals surface area contributed by atoms with Crippen LogP contribution in [0.4, 0.5) is 11.6 Å². The van der Waals surface area contributed by atoms with Crippen LogP contribution in [0, 0.1) is 5.92 Å². The van der Waals surface area contributed by atoms with Gasteiger partial charge in [-0.05, 0) is 42.5 Å². The SMILES string of the molecule is CC1C=C(C(C)Nc2ccccc2C(=O)O)c2oc(N3Cc4ccccc4C3)cc(=O)c2C1. The number of para-hydroxylation sites is 1. The molecule has 0 amide bonds. The molecule has 33 heavy (non-hydrogen) atoms. The molecule has 168 valence electrons. The van der Waals surface area contributed by atoms with Crippen LogP contribution in [0.2, 0.25) is 0 Å². The van der Waals surface area contributed by atoms with Crippen LogP contribution < -0.4 is 15.6 Å². The van der Waals surface area contributed by atoms with Gasteiger partial charge in [0.2, 0.25) is 5.88 Å². The Labute approximate surface area is 192 Å². The molecule has 1 aromatic heterocycles. The third kappa shape index (κ3) is 3.93. The van der Waals surface area contributed by atoms with Crippen molar-refractivity contribution in [2.75, 3.05) is 10.2 Å². The van der Waals surface area contributed by atoms with Gasteiger partial charge in [-0.3, -0.25) is 4.79 Å². The van der Waals surface area contributed by atoms with Gasteiger partial charge in [0.25, 0.3) is 0 Å². The minimum atomic E-state index is -0.987. The molecule has 0 saturated heterocycles. The fraction of sp³-hybridized carbons (Fsp3) is 0.259. The monoisotopic (exact) mass is 442 g/mol. The maximum Gasteiger partial charge on any atom is 0.337 e. The number of nitrogens with zero attached hydrogens (tertiary/aromatic N) is 1. The van der Waals surface area contributed by atoms with Crippen molar-refractivity contribution in [2.24, 2.45) is 5.92 Å². The number of hydrogen-bond acceptors (Lipinski definition) is 5. The third-order valence-electron chi connectivity index (χ3n) is 6.43. The van der Waals surface area contributed by atoms with E-state index in [1.165, 1.54) is 11.1 Å². The van der Waals surface area contributed by atoms with E-state index in [9.17, 15) is 14.7 Å². The van der Waals surface area contributed by atoms with Gasteiger partial charge < -0.3 is 19.7 Å². The van der Waals surface area contributed by atoms with Crippen molar-refractivity contribution in [3.63, 3.8) is 0 Å². The maximum atomic E-state index is 13.1. The van der Waals surface area contributed by atoms with Crippen LogP contribution in [0.15, 0.2) is 69.9 Å². The third-order valence-corrected chi connectivity index (χ3v) is 6.43. The molecule has 2 unspecified atom stereocenters. The van der Waals surface area contributed by atoms with E-state index in [1.54, 1.807) is 30.3 Å². The van der Waals surface area contributed by atoms with Gasteiger partial charge in [0.15, 0.2) is 5.43 Å². The predicted molar refractivity (Wildman–Crippen MR) is 129 cm³/mol. The lowest BCUT2D eigenvalue weighted by Gasteiger charge is -2.27. The molecule has 0 fully saturated rings. The molecule has 6 nitrogen and oxygen atoms in total. The first-order chi connectivity index (χ1) is 15.9. The van der Waals surface area contributed by atoms with Crippen molar-refractivity contribution in [2.45, 2.75) is 39.4 Å². The number of carbonyl (C=O) groups is 1. The van der Waals surface area contributed by atoms with E-state index < -0.39 is 5.97 Å². The zero-order valence-electron chi connectivity index (χ0n) is 18.7. The zero-order chi connectivity index (χ0) is 23.1. The molecule has 3 aromatic rings. The molecule has 5 rings (SSSR count). The molecule has 6 heteroatoms. The summed E-state index contributed by atoms with van der Waals surface area (Å²) in [6, 6.07) is 16.4. The van der Waals surface area contributed by atoms with E-state index in [4.69, 9.17) is 4.42 Å². The smallest absolute Gasteiger partial charge is 0.337 e. The van der Waals surface area contributed by atoms with Gasteiger partial charge in [0, 0.05) is 36.0 Å². The summed E-state index contributed by atoms with van der Waals surface area (Å²) in [5.41, 5.74) is 4.76. The first-order valence-corrected chi connectivity index (χ1v) is 11.2. The topological polar surface area (TPSA) is 82.8 Å². The van der Waals surface area contributed by atoms with Crippen LogP contribution in [-0.4, -0.2) is 17.1 Å². The lowest BCUT2D eigenvalue weighted by molar-refractivity contribution is 0.0698. The number of benzene rings is 2. The van der Waals surface area contributed by atoms with E-state index >= 15 is 0 Å². The van der Waals surface area contributed by atoms with E-state index in [1.807, 2.05) is 19.1 Å². The fourth-order valence-electron chi connectivity index (χ4n) is 4.79. The zero-order valence-corrected chi connectivity index (χ0v) is 18.7. The number of fused-ring (bicyclic) bond motifs is 2. The van der Waals surface area contributed by atoms with Gasteiger partial charge >= 0.3 is 5.97 Å². The summed E-state index contributed by atoms with van der Waals surface area (Å²) < 4.78 is 6.39. The summed E-state index contributed by atoms with van der Waals surface area (Å²) in [4.78, 5) is 26.8. The van der Waals surface area contributed by atoms with Crippen molar-refractivity contribution in [3.8, 4) is 0 Å². The fourth-order valence-corrected chi connectivity index (χ4v) is 4.79. The van der Waals surface area contributed by atoms with Gasteiger partial charge in [-0.25, -0.2) is 4.79 Å². The van der Waals surface area contributed by atoms with E-state index in [0.29, 0.717) is 42.4 Å². The molecule has 1 aliphatic carbocycles. The van der Waals surface area contributed by atoms with Crippen LogP contribution in [0.1, 0.15) is 46.7 Å². The van der Waals surface area contributed by atoms with E-state index in [2.05, 4.69) is 35.3 Å². The summed E-state index contributed by atoms with van der Waals surface area (Å²) in [6.45, 7) is 5.44. The highest BCUT2D eigenvalue weighted by molar-refractivity contribution is 5.94. The van der Waals surface area contributed by atoms with Gasteiger partial charge in [-0.15, -0.1) is 0 Å². The second kappa shape index (κ2) is 8.28. The highest BCUT2D eigenvalue weighted by Gasteiger charge is 2.29. The quantitative estimate of drug-likeness (QED) is 0.583. The molecular formula is C27H26N2O4. The molecule has 2 heterocycles. The van der Waals surface area contributed by atoms with Gasteiger partial charge in [-0.1, -0.05) is 49.4 Å². The summed E-state index contributed by atoms with van der Waals surface area (Å²) >= 11 is 0. The van der Waals surface area contributed by atoms with E-state index in [0.717, 1.165) is 5.57 Å². The van der Waals surface area contributed by atoms with E-state index in [-0.39, 0.29) is 23.0 Å². The first kappa shape index (κ1) is 21.1. The second-order valence-corrected chi connectivity index (χ2v) is 8.90. The Balaban J connectivity index is 1.50. The average molecular weight is 443 g/mol. The van der Waals surface area contributed by atoms with Gasteiger partial charge in [0.05, 0.1) is 11.6 Å². The summed E-state index contributed by atoms with van der Waals surface area (Å²) in [5.74, 6) is 0.350. The highest BCUT2D eigenvalue weighted by atomic mass is 16.4. The van der Waals surface area contributed by atoms with Crippen LogP contribution >= 0.6 is 0 Å². The van der Waals surface area contributed by atoms with Crippen molar-refractivity contribution in [3.05, 3.63) is 98.9 Å². The first-order valence-electron chi connectivity index (χ1n) is 11.2. The number of rotatable bonds is 5. The Hall–Kier alpha value is -3.80. The van der Waals surface area contributed by atoms with Crippen LogP contribution in [0.25, 0.3) is 5.57 Å². The number of hydrogen-bond donors (Lipinski definition) is 2. The lowest BCUT2D eigenvalue weighted by atomic mass is 9.86. The number of carboxylic acids is 1. The predicted octanol–water partition coefficient (Wildman–Crippen LogP) is 4.93. The molecule has 0 saturated carbocycles. The minimum Gasteiger partial charge on any atom is -0.478 e. The number of aromatic carboxylic acids is 1. The molecule has 2 N–H and O–H groups in total. The lowest BCUT2D eigenvalue weighted by Crippen LogP contribution is -2.27. The Morgan fingerprint density at radius 2 is 1.79 bits per heavy atom. The second-order valence-electron chi connectivity index (χ2n) is 8.90. The van der Waals surface area contributed by atoms with Crippen LogP contribution in [-0.2, 0) is 19.5 Å². The highest BCUT2D eigenvalue weighted by Crippen LogP contribution is 2.35. The number of nitrogens with one attached hydrogen (secondary N) is 1. The van der Waals surface area contributed by atoms with Gasteiger partial charge in [0.1, 0.15) is 5.76 Å². The summed E-state index contributed by atoms with van der Waals surface area (Å²) in [5, 5.41) is 12.9. The average Bonchev–Trinajstić information content (AvgIpc) is 3.23. The molecule has 0 bridgehead atoms. The molecule has 0 radical (unpaired) electrons. The number of allylic oxidation sites excluding steroid dienone is 1. The largest absolute Gasteiger partial charge is 0.478 e. The molecule has 1 aliphatic heterocycles.